The Labute approximate surface area is 134 Å². The van der Waals surface area contributed by atoms with Gasteiger partial charge < -0.3 is 5.32 Å². The third-order valence-corrected chi connectivity index (χ3v) is 5.19. The second-order valence-corrected chi connectivity index (χ2v) is 8.25. The maximum atomic E-state index is 12.2. The molecule has 2 rings (SSSR count). The monoisotopic (exact) mass is 332 g/mol. The van der Waals surface area contributed by atoms with Crippen LogP contribution in [-0.2, 0) is 15.4 Å². The van der Waals surface area contributed by atoms with Crippen molar-refractivity contribution in [1.29, 1.82) is 0 Å². The van der Waals surface area contributed by atoms with E-state index in [1.54, 1.807) is 12.1 Å². The van der Waals surface area contributed by atoms with Crippen molar-refractivity contribution in [2.75, 3.05) is 19.6 Å². The Bertz CT molecular complexity index is 544. The first-order valence-corrected chi connectivity index (χ1v) is 8.58. The number of benzene rings is 1. The van der Waals surface area contributed by atoms with Gasteiger partial charge in [-0.2, -0.15) is 0 Å². The predicted octanol–water partition coefficient (Wildman–Crippen LogP) is 2.29. The highest BCUT2D eigenvalue weighted by Gasteiger charge is 2.20. The molecule has 0 bridgehead atoms. The van der Waals surface area contributed by atoms with Gasteiger partial charge in [0, 0.05) is 6.54 Å². The van der Waals surface area contributed by atoms with Gasteiger partial charge in [-0.25, -0.2) is 13.1 Å². The van der Waals surface area contributed by atoms with E-state index < -0.39 is 10.0 Å². The number of halogens is 1. The summed E-state index contributed by atoms with van der Waals surface area (Å²) in [4.78, 5) is 0.344. The molecule has 1 saturated heterocycles. The van der Waals surface area contributed by atoms with Gasteiger partial charge in [-0.05, 0) is 48.5 Å². The number of hydrogen-bond acceptors (Lipinski definition) is 3. The minimum atomic E-state index is -3.39. The SMILES string of the molecule is CC(C)(C)c1ccc(S(=O)(=O)NCC2CCNC2)cc1.Cl. The molecule has 0 saturated carbocycles. The lowest BCUT2D eigenvalue weighted by Crippen LogP contribution is -2.30. The predicted molar refractivity (Wildman–Crippen MR) is 88.6 cm³/mol. The Balaban J connectivity index is 0.00000220. The molecule has 1 aliphatic heterocycles. The van der Waals surface area contributed by atoms with Gasteiger partial charge in [-0.15, -0.1) is 12.4 Å². The first-order chi connectivity index (χ1) is 9.29. The summed E-state index contributed by atoms with van der Waals surface area (Å²) in [5.74, 6) is 0.402. The molecule has 6 heteroatoms. The van der Waals surface area contributed by atoms with E-state index >= 15 is 0 Å². The van der Waals surface area contributed by atoms with Crippen LogP contribution in [0.15, 0.2) is 29.2 Å². The molecule has 0 amide bonds. The molecule has 1 heterocycles. The van der Waals surface area contributed by atoms with Crippen LogP contribution in [0, 0.1) is 5.92 Å². The van der Waals surface area contributed by atoms with E-state index in [2.05, 4.69) is 30.8 Å². The highest BCUT2D eigenvalue weighted by molar-refractivity contribution is 7.89. The fourth-order valence-electron chi connectivity index (χ4n) is 2.33. The summed E-state index contributed by atoms with van der Waals surface area (Å²) in [6, 6.07) is 7.17. The van der Waals surface area contributed by atoms with Crippen molar-refractivity contribution in [3.63, 3.8) is 0 Å². The van der Waals surface area contributed by atoms with Gasteiger partial charge in [-0.1, -0.05) is 32.9 Å². The van der Waals surface area contributed by atoms with Crippen LogP contribution in [0.2, 0.25) is 0 Å². The average molecular weight is 333 g/mol. The van der Waals surface area contributed by atoms with Crippen LogP contribution in [0.1, 0.15) is 32.8 Å². The summed E-state index contributed by atoms with van der Waals surface area (Å²) in [5, 5.41) is 3.24. The number of rotatable bonds is 4. The Morgan fingerprint density at radius 2 is 1.86 bits per heavy atom. The second kappa shape index (κ2) is 7.09. The molecule has 0 aromatic heterocycles. The highest BCUT2D eigenvalue weighted by atomic mass is 35.5. The summed E-state index contributed by atoms with van der Waals surface area (Å²) in [6.45, 7) is 8.72. The van der Waals surface area contributed by atoms with E-state index in [1.165, 1.54) is 0 Å². The van der Waals surface area contributed by atoms with Gasteiger partial charge >= 0.3 is 0 Å². The van der Waals surface area contributed by atoms with E-state index in [1.807, 2.05) is 12.1 Å². The molecule has 0 spiro atoms. The zero-order valence-corrected chi connectivity index (χ0v) is 14.5. The van der Waals surface area contributed by atoms with Gasteiger partial charge in [0.1, 0.15) is 0 Å². The highest BCUT2D eigenvalue weighted by Crippen LogP contribution is 2.23. The number of sulfonamides is 1. The third-order valence-electron chi connectivity index (χ3n) is 3.76. The Morgan fingerprint density at radius 3 is 2.33 bits per heavy atom. The van der Waals surface area contributed by atoms with E-state index in [9.17, 15) is 8.42 Å². The van der Waals surface area contributed by atoms with Crippen molar-refractivity contribution >= 4 is 22.4 Å². The maximum Gasteiger partial charge on any atom is 0.240 e. The molecule has 1 fully saturated rings. The third kappa shape index (κ3) is 4.95. The first-order valence-electron chi connectivity index (χ1n) is 7.10. The minimum absolute atomic E-state index is 0. The van der Waals surface area contributed by atoms with Crippen LogP contribution >= 0.6 is 12.4 Å². The molecular formula is C15H25ClN2O2S. The lowest BCUT2D eigenvalue weighted by atomic mass is 9.87. The Morgan fingerprint density at radius 1 is 1.24 bits per heavy atom. The smallest absolute Gasteiger partial charge is 0.240 e. The van der Waals surface area contributed by atoms with Crippen LogP contribution < -0.4 is 10.0 Å². The molecule has 0 radical (unpaired) electrons. The molecule has 1 unspecified atom stereocenters. The molecule has 1 atom stereocenters. The molecule has 1 aromatic rings. The van der Waals surface area contributed by atoms with Crippen LogP contribution in [0.5, 0.6) is 0 Å². The summed E-state index contributed by atoms with van der Waals surface area (Å²) < 4.78 is 27.1. The number of nitrogens with one attached hydrogen (secondary N) is 2. The second-order valence-electron chi connectivity index (χ2n) is 6.49. The fraction of sp³-hybridized carbons (Fsp3) is 0.600. The Kier molecular flexibility index (Phi) is 6.23. The van der Waals surface area contributed by atoms with Crippen molar-refractivity contribution in [2.24, 2.45) is 5.92 Å². The lowest BCUT2D eigenvalue weighted by molar-refractivity contribution is 0.538. The van der Waals surface area contributed by atoms with Crippen molar-refractivity contribution < 1.29 is 8.42 Å². The largest absolute Gasteiger partial charge is 0.316 e. The van der Waals surface area contributed by atoms with Crippen LogP contribution in [0.4, 0.5) is 0 Å². The van der Waals surface area contributed by atoms with Crippen molar-refractivity contribution in [3.8, 4) is 0 Å². The van der Waals surface area contributed by atoms with Crippen molar-refractivity contribution in [1.82, 2.24) is 10.0 Å². The van der Waals surface area contributed by atoms with E-state index in [0.717, 1.165) is 25.1 Å². The van der Waals surface area contributed by atoms with Crippen LogP contribution in [-0.4, -0.2) is 28.1 Å². The maximum absolute atomic E-state index is 12.2. The summed E-state index contributed by atoms with van der Waals surface area (Å²) >= 11 is 0. The summed E-state index contributed by atoms with van der Waals surface area (Å²) in [5.41, 5.74) is 1.17. The molecule has 4 nitrogen and oxygen atoms in total. The minimum Gasteiger partial charge on any atom is -0.316 e. The van der Waals surface area contributed by atoms with Crippen molar-refractivity contribution in [3.05, 3.63) is 29.8 Å². The molecule has 0 aliphatic carbocycles. The van der Waals surface area contributed by atoms with Gasteiger partial charge in [0.15, 0.2) is 0 Å². The molecule has 1 aliphatic rings. The lowest BCUT2D eigenvalue weighted by Gasteiger charge is -2.19. The summed E-state index contributed by atoms with van der Waals surface area (Å²) in [7, 11) is -3.39. The van der Waals surface area contributed by atoms with Crippen LogP contribution in [0.25, 0.3) is 0 Å². The van der Waals surface area contributed by atoms with Gasteiger partial charge in [-0.3, -0.25) is 0 Å². The standard InChI is InChI=1S/C15H24N2O2S.ClH/c1-15(2,3)13-4-6-14(7-5-13)20(18,19)17-11-12-8-9-16-10-12;/h4-7,12,16-17H,8-11H2,1-3H3;1H. The average Bonchev–Trinajstić information content (AvgIpc) is 2.89. The zero-order valence-electron chi connectivity index (χ0n) is 12.8. The topological polar surface area (TPSA) is 58.2 Å². The molecule has 1 aromatic carbocycles. The van der Waals surface area contributed by atoms with Gasteiger partial charge in [0.2, 0.25) is 10.0 Å². The van der Waals surface area contributed by atoms with E-state index in [4.69, 9.17) is 0 Å². The van der Waals surface area contributed by atoms with Crippen LogP contribution in [0.3, 0.4) is 0 Å². The van der Waals surface area contributed by atoms with Gasteiger partial charge in [0.25, 0.3) is 0 Å². The first kappa shape index (κ1) is 18.4. The van der Waals surface area contributed by atoms with Crippen molar-refractivity contribution in [2.45, 2.75) is 37.5 Å². The summed E-state index contributed by atoms with van der Waals surface area (Å²) in [6.07, 6.45) is 1.03. The fourth-order valence-corrected chi connectivity index (χ4v) is 3.45. The Hall–Kier alpha value is -0.620. The normalized spacial score (nSPS) is 19.3. The molecule has 2 N–H and O–H groups in total. The van der Waals surface area contributed by atoms with E-state index in [0.29, 0.717) is 17.4 Å². The van der Waals surface area contributed by atoms with E-state index in [-0.39, 0.29) is 17.8 Å². The molecular weight excluding hydrogens is 308 g/mol. The van der Waals surface area contributed by atoms with Gasteiger partial charge in [0.05, 0.1) is 4.90 Å². The molecule has 120 valence electrons. The number of hydrogen-bond donors (Lipinski definition) is 2. The quantitative estimate of drug-likeness (QED) is 0.889. The zero-order chi connectivity index (χ0) is 14.8. The molecule has 21 heavy (non-hydrogen) atoms.